The summed E-state index contributed by atoms with van der Waals surface area (Å²) in [4.78, 5) is 28.0. The topological polar surface area (TPSA) is 104 Å². The van der Waals surface area contributed by atoms with Gasteiger partial charge in [-0.1, -0.05) is 12.1 Å². The number of alkyl halides is 5. The van der Waals surface area contributed by atoms with Gasteiger partial charge in [0.25, 0.3) is 5.92 Å². The van der Waals surface area contributed by atoms with E-state index >= 15 is 0 Å². The summed E-state index contributed by atoms with van der Waals surface area (Å²) in [5.74, 6) is -3.69. The van der Waals surface area contributed by atoms with Gasteiger partial charge in [-0.15, -0.1) is 5.10 Å². The molecule has 0 aliphatic carbocycles. The number of ether oxygens (including phenoxy) is 1. The largest absolute Gasteiger partial charge is 0.466 e. The molecule has 0 bridgehead atoms. The second-order valence-corrected chi connectivity index (χ2v) is 11.1. The first kappa shape index (κ1) is 30.0. The van der Waals surface area contributed by atoms with Crippen LogP contribution in [-0.4, -0.2) is 58.4 Å². The molecular formula is C29H28F5N6O3+. The summed E-state index contributed by atoms with van der Waals surface area (Å²) in [6, 6.07) is 9.98. The summed E-state index contributed by atoms with van der Waals surface area (Å²) in [6.07, 6.45) is -5.29. The number of hydrogen-bond acceptors (Lipinski definition) is 6. The van der Waals surface area contributed by atoms with Crippen LogP contribution in [0.5, 0.6) is 0 Å². The van der Waals surface area contributed by atoms with E-state index in [-0.39, 0.29) is 65.4 Å². The molecule has 3 aromatic rings. The van der Waals surface area contributed by atoms with Crippen molar-refractivity contribution in [3.05, 3.63) is 86.5 Å². The van der Waals surface area contributed by atoms with Crippen molar-refractivity contribution in [1.82, 2.24) is 14.8 Å². The zero-order chi connectivity index (χ0) is 31.3. The van der Waals surface area contributed by atoms with E-state index in [2.05, 4.69) is 16.3 Å². The number of carbonyl (C=O) groups excluding carboxylic acids is 1. The fourth-order valence-electron chi connectivity index (χ4n) is 5.83. The Kier molecular flexibility index (Phi) is 7.42. The highest BCUT2D eigenvalue weighted by Crippen LogP contribution is 2.44. The highest BCUT2D eigenvalue weighted by atomic mass is 19.4. The number of nitrogens with zero attached hydrogens (tertiary/aromatic N) is 5. The highest BCUT2D eigenvalue weighted by Gasteiger charge is 2.44. The van der Waals surface area contributed by atoms with E-state index in [9.17, 15) is 36.8 Å². The average molecular weight is 604 g/mol. The molecule has 2 aliphatic heterocycles. The Hall–Kier alpha value is -4.51. The number of nitriles is 1. The van der Waals surface area contributed by atoms with Crippen LogP contribution in [0.2, 0.25) is 0 Å². The number of halogens is 5. The number of carbonyl (C=O) groups is 1. The van der Waals surface area contributed by atoms with Gasteiger partial charge in [-0.2, -0.15) is 18.4 Å². The number of esters is 1. The van der Waals surface area contributed by atoms with Crippen LogP contribution in [0.3, 0.4) is 0 Å². The zero-order valence-corrected chi connectivity index (χ0v) is 23.5. The van der Waals surface area contributed by atoms with Crippen molar-refractivity contribution in [1.29, 1.82) is 5.26 Å². The molecule has 1 fully saturated rings. The van der Waals surface area contributed by atoms with Gasteiger partial charge < -0.3 is 9.22 Å². The molecule has 0 amide bonds. The monoisotopic (exact) mass is 603 g/mol. The molecular weight excluding hydrogens is 575 g/mol. The Morgan fingerprint density at radius 2 is 1.91 bits per heavy atom. The third-order valence-corrected chi connectivity index (χ3v) is 8.13. The maximum absolute atomic E-state index is 14.0. The molecule has 1 atom stereocenters. The molecule has 0 radical (unpaired) electrons. The average Bonchev–Trinajstić information content (AvgIpc) is 3.34. The number of hydrogen-bond donors (Lipinski definition) is 1. The van der Waals surface area contributed by atoms with Crippen LogP contribution in [-0.2, 0) is 22.3 Å². The molecule has 1 N–H and O–H groups in total. The van der Waals surface area contributed by atoms with Crippen LogP contribution in [0.25, 0.3) is 0 Å². The Morgan fingerprint density at radius 1 is 1.21 bits per heavy atom. The van der Waals surface area contributed by atoms with Crippen LogP contribution in [0.1, 0.15) is 48.1 Å². The van der Waals surface area contributed by atoms with E-state index in [1.165, 1.54) is 30.0 Å². The van der Waals surface area contributed by atoms with Crippen LogP contribution in [0.15, 0.2) is 58.5 Å². The second kappa shape index (κ2) is 10.6. The number of fused-ring (bicyclic) bond motifs is 1. The lowest BCUT2D eigenvalue weighted by molar-refractivity contribution is -0.929. The molecule has 1 aromatic heterocycles. The number of quaternary nitrogens is 1. The second-order valence-electron chi connectivity index (χ2n) is 11.1. The summed E-state index contributed by atoms with van der Waals surface area (Å²) in [5, 5.41) is 16.1. The summed E-state index contributed by atoms with van der Waals surface area (Å²) in [7, 11) is 2.97. The van der Waals surface area contributed by atoms with Gasteiger partial charge in [0.1, 0.15) is 12.6 Å². The van der Waals surface area contributed by atoms with Crippen LogP contribution in [0.4, 0.5) is 33.6 Å². The molecule has 3 heterocycles. The quantitative estimate of drug-likeness (QED) is 0.250. The van der Waals surface area contributed by atoms with Crippen molar-refractivity contribution in [2.75, 3.05) is 32.1 Å². The lowest BCUT2D eigenvalue weighted by atomic mass is 9.89. The predicted octanol–water partition coefficient (Wildman–Crippen LogP) is 5.03. The third kappa shape index (κ3) is 5.52. The van der Waals surface area contributed by atoms with Crippen LogP contribution >= 0.6 is 0 Å². The van der Waals surface area contributed by atoms with Crippen molar-refractivity contribution in [3.63, 3.8) is 0 Å². The molecule has 0 spiro atoms. The van der Waals surface area contributed by atoms with E-state index in [4.69, 9.17) is 4.74 Å². The maximum Gasteiger partial charge on any atom is 0.416 e. The van der Waals surface area contributed by atoms with Gasteiger partial charge in [-0.3, -0.25) is 4.90 Å². The Labute approximate surface area is 243 Å². The molecule has 9 nitrogen and oxygen atoms in total. The number of allylic oxidation sites excluding steroid dienone is 1. The lowest BCUT2D eigenvalue weighted by Crippen LogP contribution is -2.52. The molecule has 14 heteroatoms. The van der Waals surface area contributed by atoms with E-state index in [1.807, 2.05) is 7.05 Å². The number of benzene rings is 2. The van der Waals surface area contributed by atoms with Gasteiger partial charge >= 0.3 is 17.8 Å². The molecule has 0 saturated carbocycles. The lowest BCUT2D eigenvalue weighted by Gasteiger charge is -2.41. The SMILES string of the molecule is COC(=O)C1=C(C)N(c2cccc(C(F)(F)F)c2)c2n[nH]c(=O)n2[C@@H]1c1ccc(C#N)cc1C[N+]1(C)CCC(F)(F)CC1. The smallest absolute Gasteiger partial charge is 0.416 e. The van der Waals surface area contributed by atoms with E-state index in [0.717, 1.165) is 23.8 Å². The summed E-state index contributed by atoms with van der Waals surface area (Å²) in [6.45, 7) is 2.04. The van der Waals surface area contributed by atoms with Crippen LogP contribution < -0.4 is 10.6 Å². The van der Waals surface area contributed by atoms with E-state index in [0.29, 0.717) is 11.1 Å². The minimum atomic E-state index is -4.66. The summed E-state index contributed by atoms with van der Waals surface area (Å²) in [5.41, 5.74) is -0.331. The number of aromatic amines is 1. The number of nitrogens with one attached hydrogen (secondary N) is 1. The van der Waals surface area contributed by atoms with Gasteiger partial charge in [0.15, 0.2) is 0 Å². The summed E-state index contributed by atoms with van der Waals surface area (Å²) < 4.78 is 75.3. The number of likely N-dealkylation sites (tertiary alicyclic amines) is 1. The molecule has 0 unspecified atom stereocenters. The van der Waals surface area contributed by atoms with Crippen molar-refractivity contribution >= 4 is 17.6 Å². The third-order valence-electron chi connectivity index (χ3n) is 8.13. The van der Waals surface area contributed by atoms with Gasteiger partial charge in [0.05, 0.1) is 62.9 Å². The standard InChI is InChI=1S/C29H27F5N6O3/c1-17-23(25(41)43-3)24(22-8-7-18(15-35)13-19(22)16-40(2)11-9-28(30,31)10-12-40)39-26(36-37-27(39)42)38(17)21-6-4-5-20(14-21)29(32,33)34/h4-8,13-14,24H,9-12,16H2,1-3H3/p+1/t24-/m1/s1. The van der Waals surface area contributed by atoms with Crippen molar-refractivity contribution in [2.24, 2.45) is 0 Å². The van der Waals surface area contributed by atoms with E-state index < -0.39 is 35.4 Å². The van der Waals surface area contributed by atoms with Gasteiger partial charge in [0, 0.05) is 16.9 Å². The zero-order valence-electron chi connectivity index (χ0n) is 23.5. The normalized spacial score (nSPS) is 19.5. The molecule has 1 saturated heterocycles. The minimum Gasteiger partial charge on any atom is -0.466 e. The molecule has 43 heavy (non-hydrogen) atoms. The number of rotatable bonds is 5. The first-order chi connectivity index (χ1) is 20.2. The number of aromatic nitrogens is 3. The predicted molar refractivity (Wildman–Crippen MR) is 144 cm³/mol. The number of H-pyrrole nitrogens is 1. The van der Waals surface area contributed by atoms with Gasteiger partial charge in [-0.05, 0) is 42.8 Å². The first-order valence-electron chi connectivity index (χ1n) is 13.4. The molecule has 5 rings (SSSR count). The molecule has 2 aromatic carbocycles. The fourth-order valence-corrected chi connectivity index (χ4v) is 5.83. The van der Waals surface area contributed by atoms with Crippen molar-refractivity contribution in [3.8, 4) is 6.07 Å². The molecule has 2 aliphatic rings. The number of piperidine rings is 1. The number of methoxy groups -OCH3 is 1. The van der Waals surface area contributed by atoms with Crippen molar-refractivity contribution < 1.29 is 36.0 Å². The molecule has 226 valence electrons. The Morgan fingerprint density at radius 3 is 2.53 bits per heavy atom. The first-order valence-corrected chi connectivity index (χ1v) is 13.4. The Balaban J connectivity index is 1.71. The minimum absolute atomic E-state index is 0.000193. The van der Waals surface area contributed by atoms with Crippen LogP contribution in [0, 0.1) is 11.3 Å². The van der Waals surface area contributed by atoms with Gasteiger partial charge in [-0.25, -0.2) is 28.0 Å². The van der Waals surface area contributed by atoms with E-state index in [1.54, 1.807) is 12.1 Å². The number of anilines is 2. The van der Waals surface area contributed by atoms with Crippen molar-refractivity contribution in [2.45, 2.75) is 44.5 Å². The van der Waals surface area contributed by atoms with Gasteiger partial charge in [0.2, 0.25) is 5.95 Å². The highest BCUT2D eigenvalue weighted by molar-refractivity contribution is 5.93. The maximum atomic E-state index is 14.0. The summed E-state index contributed by atoms with van der Waals surface area (Å²) >= 11 is 0. The fraction of sp³-hybridized carbons (Fsp3) is 0.379. The Bertz CT molecular complexity index is 1710.